The molecule has 0 aliphatic heterocycles. The molecule has 0 atom stereocenters. The highest BCUT2D eigenvalue weighted by atomic mass is 32.1. The Morgan fingerprint density at radius 3 is 1.38 bits per heavy atom. The Bertz CT molecular complexity index is 6690. The first kappa shape index (κ1) is 49.2. The normalized spacial score (nSPS) is 12.4. The zero-order valence-electron chi connectivity index (χ0n) is 48.2. The quantitative estimate of drug-likeness (QED) is 0.163. The van der Waals surface area contributed by atoms with Crippen molar-refractivity contribution in [3.05, 3.63) is 285 Å². The molecule has 416 valence electrons. The van der Waals surface area contributed by atoms with Gasteiger partial charge in [-0.2, -0.15) is 0 Å². The second-order valence-corrected chi connectivity index (χ2v) is 27.3. The molecular weight excluding hydrogens is 1150 g/mol. The van der Waals surface area contributed by atoms with Crippen LogP contribution in [0.5, 0.6) is 0 Å². The lowest BCUT2D eigenvalue weighted by Gasteiger charge is -2.13. The molecule has 21 aromatic rings. The minimum absolute atomic E-state index is 1.15. The number of hydrogen-bond acceptors (Lipinski definition) is 3. The Morgan fingerprint density at radius 2 is 0.667 bits per heavy atom. The number of nitrogens with zero attached hydrogens (tertiary/aromatic N) is 3. The van der Waals surface area contributed by atoms with Gasteiger partial charge in [-0.15, -0.1) is 34.0 Å². The number of hydrogen-bond donors (Lipinski definition) is 0. The fourth-order valence-electron chi connectivity index (χ4n) is 15.9. The van der Waals surface area contributed by atoms with Crippen LogP contribution >= 0.6 is 34.0 Å². The molecule has 0 spiro atoms. The second-order valence-electron chi connectivity index (χ2n) is 24.1. The highest BCUT2D eigenvalue weighted by Crippen LogP contribution is 2.53. The number of rotatable bonds is 5. The van der Waals surface area contributed by atoms with Crippen LogP contribution in [-0.2, 0) is 0 Å². The summed E-state index contributed by atoms with van der Waals surface area (Å²) in [6.07, 6.45) is 0. The molecule has 6 heterocycles. The lowest BCUT2D eigenvalue weighted by atomic mass is 9.93. The van der Waals surface area contributed by atoms with Crippen LogP contribution < -0.4 is 0 Å². The maximum Gasteiger partial charge on any atom is 0.0726 e. The summed E-state index contributed by atoms with van der Waals surface area (Å²) in [4.78, 5) is 0. The van der Waals surface area contributed by atoms with Crippen molar-refractivity contribution in [1.82, 2.24) is 13.7 Å². The van der Waals surface area contributed by atoms with Crippen molar-refractivity contribution in [3.63, 3.8) is 0 Å². The molecule has 0 saturated heterocycles. The van der Waals surface area contributed by atoms with Crippen LogP contribution in [0.2, 0.25) is 0 Å². The highest BCUT2D eigenvalue weighted by molar-refractivity contribution is 7.28. The van der Waals surface area contributed by atoms with Crippen LogP contribution in [0.4, 0.5) is 0 Å². The van der Waals surface area contributed by atoms with Crippen molar-refractivity contribution in [2.75, 3.05) is 0 Å². The maximum absolute atomic E-state index is 2.59. The van der Waals surface area contributed by atoms with Gasteiger partial charge in [-0.05, 0) is 122 Å². The van der Waals surface area contributed by atoms with Gasteiger partial charge in [0.1, 0.15) is 0 Å². The Morgan fingerprint density at radius 1 is 0.200 bits per heavy atom. The first-order valence-electron chi connectivity index (χ1n) is 30.8. The van der Waals surface area contributed by atoms with Gasteiger partial charge in [-0.3, -0.25) is 0 Å². The molecule has 0 aliphatic carbocycles. The first-order chi connectivity index (χ1) is 44.7. The largest absolute Gasteiger partial charge is 0.308 e. The van der Waals surface area contributed by atoms with Crippen LogP contribution in [0, 0.1) is 0 Å². The third-order valence-corrected chi connectivity index (χ3v) is 23.1. The van der Waals surface area contributed by atoms with Gasteiger partial charge in [0.05, 0.1) is 42.5 Å². The number of thiophene rings is 3. The molecular formula is C84H47N3S3. The zero-order chi connectivity index (χ0) is 58.4. The first-order valence-corrected chi connectivity index (χ1v) is 33.3. The van der Waals surface area contributed by atoms with Crippen LogP contribution in [0.3, 0.4) is 0 Å². The molecule has 21 rings (SSSR count). The van der Waals surface area contributed by atoms with Gasteiger partial charge in [0.2, 0.25) is 0 Å². The Balaban J connectivity index is 0.804. The van der Waals surface area contributed by atoms with Gasteiger partial charge in [-0.1, -0.05) is 206 Å². The third-order valence-electron chi connectivity index (χ3n) is 19.6. The molecule has 0 unspecified atom stereocenters. The predicted molar refractivity (Wildman–Crippen MR) is 392 cm³/mol. The van der Waals surface area contributed by atoms with Gasteiger partial charge in [0.25, 0.3) is 0 Å². The van der Waals surface area contributed by atoms with Crippen molar-refractivity contribution in [2.45, 2.75) is 0 Å². The van der Waals surface area contributed by atoms with Gasteiger partial charge < -0.3 is 13.7 Å². The van der Waals surface area contributed by atoms with E-state index in [4.69, 9.17) is 0 Å². The van der Waals surface area contributed by atoms with Gasteiger partial charge in [0, 0.05) is 111 Å². The monoisotopic (exact) mass is 1190 g/mol. The van der Waals surface area contributed by atoms with Gasteiger partial charge in [0.15, 0.2) is 0 Å². The Kier molecular flexibility index (Phi) is 10.0. The standard InChI is InChI=1S/C84H47N3S3/c1-4-20-50(21-5-1)85-68-36-16-14-31-63(68)74-58-27-10-11-28-59(58)76-67-47-49(39-45-72(67)90-84(76)81(74)85)54-33-19-35-64-77-79(87(78(54)64)52-24-8-3-9-25-52)61-30-13-12-29-60(61)75-66-46-48(38-44-71(66)89-83(75)77)53-32-18-34-57-55(53)42-43-69-73(57)65-41-40-62-56-26-15-17-37-70(56)88-82(62)80(65)86(69)51-22-6-2-7-23-51/h1-47H. The van der Waals surface area contributed by atoms with Crippen molar-refractivity contribution in [2.24, 2.45) is 0 Å². The molecule has 6 aromatic heterocycles. The molecule has 0 radical (unpaired) electrons. The van der Waals surface area contributed by atoms with E-state index in [1.807, 2.05) is 34.0 Å². The molecule has 6 heteroatoms. The summed E-state index contributed by atoms with van der Waals surface area (Å²) in [5.41, 5.74) is 15.8. The van der Waals surface area contributed by atoms with E-state index in [0.29, 0.717) is 0 Å². The van der Waals surface area contributed by atoms with Crippen LogP contribution in [0.15, 0.2) is 285 Å². The smallest absolute Gasteiger partial charge is 0.0726 e. The van der Waals surface area contributed by atoms with E-state index in [1.165, 1.54) is 192 Å². The molecule has 90 heavy (non-hydrogen) atoms. The Hall–Kier alpha value is -10.9. The average molecular weight is 1190 g/mol. The minimum Gasteiger partial charge on any atom is -0.308 e. The maximum atomic E-state index is 2.59. The highest BCUT2D eigenvalue weighted by Gasteiger charge is 2.27. The molecule has 3 nitrogen and oxygen atoms in total. The summed E-state index contributed by atoms with van der Waals surface area (Å²) < 4.78 is 15.4. The van der Waals surface area contributed by atoms with E-state index in [-0.39, 0.29) is 0 Å². The van der Waals surface area contributed by atoms with Gasteiger partial charge >= 0.3 is 0 Å². The second kappa shape index (κ2) is 18.4. The van der Waals surface area contributed by atoms with E-state index >= 15 is 0 Å². The topological polar surface area (TPSA) is 14.8 Å². The van der Waals surface area contributed by atoms with Crippen molar-refractivity contribution < 1.29 is 0 Å². The van der Waals surface area contributed by atoms with E-state index in [0.717, 1.165) is 5.69 Å². The number of benzene rings is 15. The van der Waals surface area contributed by atoms with Crippen LogP contribution in [0.1, 0.15) is 0 Å². The van der Waals surface area contributed by atoms with E-state index < -0.39 is 0 Å². The summed E-state index contributed by atoms with van der Waals surface area (Å²) in [5, 5.41) is 23.1. The Labute approximate surface area is 526 Å². The molecule has 0 fully saturated rings. The van der Waals surface area contributed by atoms with E-state index in [9.17, 15) is 0 Å². The number of fused-ring (bicyclic) bond motifs is 29. The van der Waals surface area contributed by atoms with Crippen LogP contribution in [0.25, 0.3) is 198 Å². The summed E-state index contributed by atoms with van der Waals surface area (Å²) in [7, 11) is 0. The average Bonchev–Trinajstić information content (AvgIpc) is 1.55. The summed E-state index contributed by atoms with van der Waals surface area (Å²) in [6.45, 7) is 0. The summed E-state index contributed by atoms with van der Waals surface area (Å²) in [6, 6.07) is 107. The molecule has 0 amide bonds. The van der Waals surface area contributed by atoms with Crippen molar-refractivity contribution in [1.29, 1.82) is 0 Å². The van der Waals surface area contributed by atoms with Gasteiger partial charge in [-0.25, -0.2) is 0 Å². The molecule has 0 bridgehead atoms. The fraction of sp³-hybridized carbons (Fsp3) is 0. The minimum atomic E-state index is 1.15. The number of aromatic nitrogens is 3. The third kappa shape index (κ3) is 6.56. The van der Waals surface area contributed by atoms with E-state index in [1.54, 1.807) is 0 Å². The lowest BCUT2D eigenvalue weighted by molar-refractivity contribution is 1.19. The predicted octanol–water partition coefficient (Wildman–Crippen LogP) is 24.9. The molecule has 15 aromatic carbocycles. The van der Waals surface area contributed by atoms with Crippen molar-refractivity contribution in [3.8, 4) is 39.3 Å². The van der Waals surface area contributed by atoms with Crippen molar-refractivity contribution >= 4 is 192 Å². The summed E-state index contributed by atoms with van der Waals surface area (Å²) in [5.74, 6) is 0. The summed E-state index contributed by atoms with van der Waals surface area (Å²) >= 11 is 5.76. The van der Waals surface area contributed by atoms with E-state index in [2.05, 4.69) is 299 Å². The SMILES string of the molecule is c1ccc(-n2c3ccc4c(-c5ccc6sc7c(c6c5)c5ccccc5c5c7c6cccc(-c7ccc8sc9c(c8c7)c7ccccc7c7c8ccccc8n(-c8ccccc8)c97)c6n5-c5ccccc5)cccc4c3c3ccc4c5ccccc5sc4c32)cc1. The zero-order valence-corrected chi connectivity index (χ0v) is 50.7. The fourth-order valence-corrected chi connectivity index (χ4v) is 19.7. The molecule has 0 N–H and O–H groups in total. The number of para-hydroxylation sites is 5. The molecule has 0 saturated carbocycles. The lowest BCUT2D eigenvalue weighted by Crippen LogP contribution is -1.96. The molecule has 0 aliphatic rings. The van der Waals surface area contributed by atoms with Crippen LogP contribution in [-0.4, -0.2) is 13.7 Å².